The fraction of sp³-hybridized carbons (Fsp3) is 0.167. The molecule has 1 aromatic carbocycles. The molecule has 1 heterocycles. The Balaban J connectivity index is 2.35. The summed E-state index contributed by atoms with van der Waals surface area (Å²) in [5.41, 5.74) is 2.55. The number of benzene rings is 1. The van der Waals surface area contributed by atoms with Gasteiger partial charge in [0.15, 0.2) is 5.82 Å². The van der Waals surface area contributed by atoms with E-state index in [9.17, 15) is 4.39 Å². The fourth-order valence-corrected chi connectivity index (χ4v) is 1.78. The third kappa shape index (κ3) is 3.32. The summed E-state index contributed by atoms with van der Waals surface area (Å²) in [6, 6.07) is 5.92. The van der Waals surface area contributed by atoms with Crippen molar-refractivity contribution in [1.82, 2.24) is 9.97 Å². The fourth-order valence-electron chi connectivity index (χ4n) is 1.57. The highest BCUT2D eigenvalue weighted by atomic mass is 35.5. The lowest BCUT2D eigenvalue weighted by molar-refractivity contribution is 0.178. The number of nitrogens with two attached hydrogens (primary N) is 1. The summed E-state index contributed by atoms with van der Waals surface area (Å²) < 4.78 is 18.7. The van der Waals surface area contributed by atoms with Gasteiger partial charge in [-0.25, -0.2) is 20.2 Å². The molecule has 8 heteroatoms. The van der Waals surface area contributed by atoms with Crippen molar-refractivity contribution < 1.29 is 9.13 Å². The van der Waals surface area contributed by atoms with Gasteiger partial charge in [-0.05, 0) is 12.1 Å². The van der Waals surface area contributed by atoms with Gasteiger partial charge in [-0.3, -0.25) is 0 Å². The average Bonchev–Trinajstić information content (AvgIpc) is 2.43. The van der Waals surface area contributed by atoms with E-state index in [2.05, 4.69) is 20.7 Å². The van der Waals surface area contributed by atoms with Crippen molar-refractivity contribution >= 4 is 28.9 Å². The lowest BCUT2D eigenvalue weighted by Crippen LogP contribution is -2.12. The Kier molecular flexibility index (Phi) is 4.67. The largest absolute Gasteiger partial charge is 0.377 e. The standard InChI is InChI=1S/C12H13ClFN5O/c1-20-6-11-16-9(5-10(17-11)19-15)18-12-7(13)3-2-4-8(12)14/h2-5H,6,15H2,1H3,(H2,16,17,18,19). The van der Waals surface area contributed by atoms with E-state index >= 15 is 0 Å². The van der Waals surface area contributed by atoms with Crippen molar-refractivity contribution in [2.45, 2.75) is 6.61 Å². The highest BCUT2D eigenvalue weighted by Crippen LogP contribution is 2.28. The van der Waals surface area contributed by atoms with Gasteiger partial charge in [-0.2, -0.15) is 0 Å². The average molecular weight is 298 g/mol. The molecule has 0 aliphatic carbocycles. The van der Waals surface area contributed by atoms with E-state index in [4.69, 9.17) is 22.2 Å². The summed E-state index contributed by atoms with van der Waals surface area (Å²) in [5, 5.41) is 3.05. The van der Waals surface area contributed by atoms with Gasteiger partial charge >= 0.3 is 0 Å². The molecule has 2 rings (SSSR count). The van der Waals surface area contributed by atoms with Crippen LogP contribution in [0.2, 0.25) is 5.02 Å². The monoisotopic (exact) mass is 297 g/mol. The van der Waals surface area contributed by atoms with Crippen molar-refractivity contribution in [2.24, 2.45) is 5.84 Å². The van der Waals surface area contributed by atoms with Crippen LogP contribution in [0, 0.1) is 5.82 Å². The van der Waals surface area contributed by atoms with Crippen LogP contribution in [0.3, 0.4) is 0 Å². The Morgan fingerprint density at radius 2 is 2.10 bits per heavy atom. The number of hydrogen-bond acceptors (Lipinski definition) is 6. The van der Waals surface area contributed by atoms with Gasteiger partial charge in [0.05, 0.1) is 10.7 Å². The number of nitrogen functional groups attached to an aromatic ring is 1. The van der Waals surface area contributed by atoms with E-state index in [1.807, 2.05) is 0 Å². The van der Waals surface area contributed by atoms with Gasteiger partial charge in [0.25, 0.3) is 0 Å². The molecule has 0 bridgehead atoms. The number of rotatable bonds is 5. The molecule has 1 aromatic heterocycles. The second kappa shape index (κ2) is 6.47. The first-order valence-corrected chi connectivity index (χ1v) is 6.06. The molecule has 20 heavy (non-hydrogen) atoms. The smallest absolute Gasteiger partial charge is 0.158 e. The maximum atomic E-state index is 13.7. The zero-order chi connectivity index (χ0) is 14.5. The van der Waals surface area contributed by atoms with E-state index in [0.29, 0.717) is 17.5 Å². The van der Waals surface area contributed by atoms with Crippen LogP contribution in [0.15, 0.2) is 24.3 Å². The van der Waals surface area contributed by atoms with E-state index in [-0.39, 0.29) is 17.3 Å². The summed E-state index contributed by atoms with van der Waals surface area (Å²) in [6.07, 6.45) is 0. The third-order valence-corrected chi connectivity index (χ3v) is 2.72. The van der Waals surface area contributed by atoms with Crippen LogP contribution in [-0.2, 0) is 11.3 Å². The number of hydrogen-bond donors (Lipinski definition) is 3. The summed E-state index contributed by atoms with van der Waals surface area (Å²) >= 11 is 5.94. The highest BCUT2D eigenvalue weighted by Gasteiger charge is 2.10. The summed E-state index contributed by atoms with van der Waals surface area (Å²) in [7, 11) is 1.52. The maximum Gasteiger partial charge on any atom is 0.158 e. The number of anilines is 3. The van der Waals surface area contributed by atoms with Crippen molar-refractivity contribution in [3.63, 3.8) is 0 Å². The normalized spacial score (nSPS) is 10.4. The Labute approximate surface area is 120 Å². The molecule has 106 valence electrons. The SMILES string of the molecule is COCc1nc(NN)cc(Nc2c(F)cccc2Cl)n1. The molecular weight excluding hydrogens is 285 g/mol. The van der Waals surface area contributed by atoms with Gasteiger partial charge in [0, 0.05) is 13.2 Å². The van der Waals surface area contributed by atoms with Gasteiger partial charge in [-0.15, -0.1) is 0 Å². The molecule has 0 amide bonds. The Hall–Kier alpha value is -1.96. The predicted octanol–water partition coefficient (Wildman–Crippen LogP) is 2.44. The van der Waals surface area contributed by atoms with Crippen LogP contribution < -0.4 is 16.6 Å². The molecule has 0 saturated heterocycles. The molecule has 6 nitrogen and oxygen atoms in total. The quantitative estimate of drug-likeness (QED) is 0.580. The molecule has 0 atom stereocenters. The molecule has 2 aromatic rings. The Morgan fingerprint density at radius 1 is 1.35 bits per heavy atom. The summed E-state index contributed by atoms with van der Waals surface area (Å²) in [4.78, 5) is 8.27. The lowest BCUT2D eigenvalue weighted by Gasteiger charge is -2.11. The highest BCUT2D eigenvalue weighted by molar-refractivity contribution is 6.33. The minimum Gasteiger partial charge on any atom is -0.377 e. The molecule has 0 saturated carbocycles. The number of ether oxygens (including phenoxy) is 1. The third-order valence-electron chi connectivity index (χ3n) is 2.41. The van der Waals surface area contributed by atoms with Crippen molar-refractivity contribution in [3.05, 3.63) is 40.9 Å². The van der Waals surface area contributed by atoms with Crippen LogP contribution in [0.1, 0.15) is 5.82 Å². The van der Waals surface area contributed by atoms with E-state index < -0.39 is 5.82 Å². The number of halogens is 2. The van der Waals surface area contributed by atoms with Gasteiger partial charge in [-0.1, -0.05) is 17.7 Å². The second-order valence-corrected chi connectivity index (χ2v) is 4.26. The number of hydrazine groups is 1. The van der Waals surface area contributed by atoms with Gasteiger partial charge in [0.1, 0.15) is 24.1 Å². The molecule has 4 N–H and O–H groups in total. The zero-order valence-electron chi connectivity index (χ0n) is 10.7. The molecule has 0 radical (unpaired) electrons. The van der Waals surface area contributed by atoms with E-state index in [1.54, 1.807) is 6.07 Å². The van der Waals surface area contributed by atoms with Crippen LogP contribution in [0.5, 0.6) is 0 Å². The van der Waals surface area contributed by atoms with Crippen LogP contribution in [0.25, 0.3) is 0 Å². The van der Waals surface area contributed by atoms with Gasteiger partial charge in [0.2, 0.25) is 0 Å². The molecule has 0 aliphatic rings. The molecule has 0 aliphatic heterocycles. The second-order valence-electron chi connectivity index (χ2n) is 3.85. The van der Waals surface area contributed by atoms with Gasteiger partial charge < -0.3 is 15.5 Å². The van der Waals surface area contributed by atoms with E-state index in [0.717, 1.165) is 0 Å². The Morgan fingerprint density at radius 3 is 2.75 bits per heavy atom. The molecular formula is C12H13ClFN5O. The van der Waals surface area contributed by atoms with Crippen LogP contribution in [-0.4, -0.2) is 17.1 Å². The number of nitrogens with zero attached hydrogens (tertiary/aromatic N) is 2. The minimum absolute atomic E-state index is 0.138. The lowest BCUT2D eigenvalue weighted by atomic mass is 10.3. The number of para-hydroxylation sites is 1. The first-order chi connectivity index (χ1) is 9.63. The first kappa shape index (κ1) is 14.4. The maximum absolute atomic E-state index is 13.7. The van der Waals surface area contributed by atoms with Crippen molar-refractivity contribution in [1.29, 1.82) is 0 Å². The van der Waals surface area contributed by atoms with Crippen LogP contribution >= 0.6 is 11.6 Å². The minimum atomic E-state index is -0.480. The number of methoxy groups -OCH3 is 1. The van der Waals surface area contributed by atoms with Crippen molar-refractivity contribution in [3.8, 4) is 0 Å². The van der Waals surface area contributed by atoms with Crippen LogP contribution in [0.4, 0.5) is 21.7 Å². The summed E-state index contributed by atoms with van der Waals surface area (Å²) in [6.45, 7) is 0.204. The molecule has 0 unspecified atom stereocenters. The first-order valence-electron chi connectivity index (χ1n) is 5.68. The van der Waals surface area contributed by atoms with E-state index in [1.165, 1.54) is 25.3 Å². The number of nitrogens with one attached hydrogen (secondary N) is 2. The Bertz CT molecular complexity index is 590. The molecule has 0 spiro atoms. The van der Waals surface area contributed by atoms with Crippen molar-refractivity contribution in [2.75, 3.05) is 17.9 Å². The predicted molar refractivity (Wildman–Crippen MR) is 75.2 cm³/mol. The zero-order valence-corrected chi connectivity index (χ0v) is 11.4. The topological polar surface area (TPSA) is 85.1 Å². The summed E-state index contributed by atoms with van der Waals surface area (Å²) in [5.74, 6) is 5.98. The number of aromatic nitrogens is 2. The molecule has 0 fully saturated rings.